The molecule has 1 aromatic carbocycles. The van der Waals surface area contributed by atoms with Crippen molar-refractivity contribution in [2.45, 2.75) is 18.7 Å². The van der Waals surface area contributed by atoms with E-state index in [-0.39, 0.29) is 5.69 Å². The Morgan fingerprint density at radius 3 is 2.00 bits per heavy atom. The van der Waals surface area contributed by atoms with Crippen LogP contribution >= 0.6 is 0 Å². The number of hydrogen-bond acceptors (Lipinski definition) is 4. The number of alkyl halides is 3. The van der Waals surface area contributed by atoms with Gasteiger partial charge in [-0.05, 0) is 30.1 Å². The third-order valence-electron chi connectivity index (χ3n) is 3.71. The van der Waals surface area contributed by atoms with Crippen LogP contribution in [0.3, 0.4) is 0 Å². The summed E-state index contributed by atoms with van der Waals surface area (Å²) in [6, 6.07) is 10.00. The summed E-state index contributed by atoms with van der Waals surface area (Å²) in [7, 11) is 2.42. The van der Waals surface area contributed by atoms with Crippen molar-refractivity contribution < 1.29 is 27.6 Å². The standard InChI is InChI=1S/C16H17BF3NO3/c1-15(22,13-5-4-6-14(21-13)16(18,19)20)11-7-9-12(10-8-11)17(23-2)24-3/h4-10,22H,1-3H3. The molecule has 4 nitrogen and oxygen atoms in total. The predicted molar refractivity (Wildman–Crippen MR) is 83.8 cm³/mol. The molecule has 0 aliphatic heterocycles. The maximum atomic E-state index is 12.8. The molecule has 128 valence electrons. The Hall–Kier alpha value is -1.90. The van der Waals surface area contributed by atoms with Crippen LogP contribution in [0, 0.1) is 0 Å². The van der Waals surface area contributed by atoms with E-state index < -0.39 is 24.6 Å². The molecule has 1 N–H and O–H groups in total. The molecule has 1 heterocycles. The molecule has 0 radical (unpaired) electrons. The van der Waals surface area contributed by atoms with Crippen LogP contribution in [0.2, 0.25) is 0 Å². The monoisotopic (exact) mass is 339 g/mol. The summed E-state index contributed by atoms with van der Waals surface area (Å²) in [5, 5.41) is 10.7. The third kappa shape index (κ3) is 3.77. The number of halogens is 3. The topological polar surface area (TPSA) is 51.6 Å². The minimum Gasteiger partial charge on any atom is -0.410 e. The Morgan fingerprint density at radius 1 is 0.958 bits per heavy atom. The van der Waals surface area contributed by atoms with Crippen molar-refractivity contribution in [3.05, 3.63) is 59.4 Å². The van der Waals surface area contributed by atoms with Crippen LogP contribution in [0.5, 0.6) is 0 Å². The molecule has 0 amide bonds. The van der Waals surface area contributed by atoms with Gasteiger partial charge in [0.25, 0.3) is 0 Å². The summed E-state index contributed by atoms with van der Waals surface area (Å²) < 4.78 is 48.7. The molecule has 0 bridgehead atoms. The van der Waals surface area contributed by atoms with Gasteiger partial charge >= 0.3 is 13.3 Å². The molecule has 0 saturated carbocycles. The minimum atomic E-state index is -4.57. The summed E-state index contributed by atoms with van der Waals surface area (Å²) >= 11 is 0. The Balaban J connectivity index is 2.37. The van der Waals surface area contributed by atoms with Gasteiger partial charge in [0.2, 0.25) is 0 Å². The fourth-order valence-corrected chi connectivity index (χ4v) is 2.34. The van der Waals surface area contributed by atoms with Gasteiger partial charge in [-0.15, -0.1) is 0 Å². The molecule has 0 fully saturated rings. The molecule has 0 aliphatic carbocycles. The summed E-state index contributed by atoms with van der Waals surface area (Å²) in [6.45, 7) is 1.40. The second-order valence-electron chi connectivity index (χ2n) is 5.40. The zero-order valence-corrected chi connectivity index (χ0v) is 13.5. The Bertz CT molecular complexity index is 686. The van der Waals surface area contributed by atoms with E-state index in [1.54, 1.807) is 24.3 Å². The number of aromatic nitrogens is 1. The van der Waals surface area contributed by atoms with Gasteiger partial charge < -0.3 is 14.4 Å². The van der Waals surface area contributed by atoms with Crippen LogP contribution in [-0.4, -0.2) is 31.4 Å². The fraction of sp³-hybridized carbons (Fsp3) is 0.312. The number of hydrogen-bond donors (Lipinski definition) is 1. The first-order chi connectivity index (χ1) is 11.2. The van der Waals surface area contributed by atoms with E-state index in [4.69, 9.17) is 9.31 Å². The molecular weight excluding hydrogens is 322 g/mol. The Kier molecular flexibility index (Phi) is 5.32. The molecule has 0 saturated heterocycles. The van der Waals surface area contributed by atoms with Gasteiger partial charge in [0, 0.05) is 14.2 Å². The first-order valence-corrected chi connectivity index (χ1v) is 7.13. The van der Waals surface area contributed by atoms with Crippen molar-refractivity contribution in [3.63, 3.8) is 0 Å². The largest absolute Gasteiger partial charge is 0.493 e. The van der Waals surface area contributed by atoms with E-state index >= 15 is 0 Å². The fourth-order valence-electron chi connectivity index (χ4n) is 2.34. The maximum absolute atomic E-state index is 12.8. The van der Waals surface area contributed by atoms with Gasteiger partial charge in [0.15, 0.2) is 0 Å². The van der Waals surface area contributed by atoms with E-state index in [1.807, 2.05) is 0 Å². The van der Waals surface area contributed by atoms with Crippen LogP contribution in [-0.2, 0) is 21.1 Å². The highest BCUT2D eigenvalue weighted by Gasteiger charge is 2.35. The lowest BCUT2D eigenvalue weighted by molar-refractivity contribution is -0.141. The second-order valence-corrected chi connectivity index (χ2v) is 5.40. The van der Waals surface area contributed by atoms with E-state index in [0.29, 0.717) is 5.56 Å². The number of benzene rings is 1. The average molecular weight is 339 g/mol. The van der Waals surface area contributed by atoms with Gasteiger partial charge in [-0.25, -0.2) is 4.98 Å². The quantitative estimate of drug-likeness (QED) is 0.850. The molecule has 1 unspecified atom stereocenters. The molecule has 1 aromatic heterocycles. The first kappa shape index (κ1) is 18.4. The number of rotatable bonds is 5. The summed E-state index contributed by atoms with van der Waals surface area (Å²) in [5.41, 5.74) is -1.67. The van der Waals surface area contributed by atoms with Crippen molar-refractivity contribution in [1.29, 1.82) is 0 Å². The van der Waals surface area contributed by atoms with Gasteiger partial charge in [-0.1, -0.05) is 30.3 Å². The third-order valence-corrected chi connectivity index (χ3v) is 3.71. The van der Waals surface area contributed by atoms with E-state index in [0.717, 1.165) is 11.5 Å². The summed E-state index contributed by atoms with van der Waals surface area (Å²) in [4.78, 5) is 3.56. The molecule has 0 spiro atoms. The van der Waals surface area contributed by atoms with Crippen LogP contribution in [0.15, 0.2) is 42.5 Å². The zero-order chi connectivity index (χ0) is 18.0. The van der Waals surface area contributed by atoms with Crippen molar-refractivity contribution in [2.24, 2.45) is 0 Å². The van der Waals surface area contributed by atoms with Gasteiger partial charge in [-0.3, -0.25) is 0 Å². The normalized spacial score (nSPS) is 14.3. The molecule has 24 heavy (non-hydrogen) atoms. The molecule has 2 rings (SSSR count). The number of pyridine rings is 1. The molecule has 0 aliphatic rings. The Labute approximate surface area is 138 Å². The SMILES string of the molecule is COB(OC)c1ccc(C(C)(O)c2cccc(C(F)(F)F)n2)cc1. The lowest BCUT2D eigenvalue weighted by Crippen LogP contribution is -2.35. The minimum absolute atomic E-state index is 0.0832. The zero-order valence-electron chi connectivity index (χ0n) is 13.5. The Morgan fingerprint density at radius 2 is 1.50 bits per heavy atom. The van der Waals surface area contributed by atoms with Crippen LogP contribution in [0.1, 0.15) is 23.9 Å². The van der Waals surface area contributed by atoms with Crippen molar-refractivity contribution in [2.75, 3.05) is 14.2 Å². The summed E-state index contributed by atoms with van der Waals surface area (Å²) in [6.07, 6.45) is -4.57. The number of aliphatic hydroxyl groups is 1. The van der Waals surface area contributed by atoms with Gasteiger partial charge in [0.05, 0.1) is 5.69 Å². The molecule has 1 atom stereocenters. The molecule has 8 heteroatoms. The average Bonchev–Trinajstić information content (AvgIpc) is 2.56. The highest BCUT2D eigenvalue weighted by Crippen LogP contribution is 2.32. The van der Waals surface area contributed by atoms with Gasteiger partial charge in [0.1, 0.15) is 11.3 Å². The molecule has 2 aromatic rings. The lowest BCUT2D eigenvalue weighted by Gasteiger charge is -2.24. The predicted octanol–water partition coefficient (Wildman–Crippen LogP) is 2.34. The highest BCUT2D eigenvalue weighted by atomic mass is 19.4. The number of nitrogens with zero attached hydrogens (tertiary/aromatic N) is 1. The van der Waals surface area contributed by atoms with Crippen LogP contribution < -0.4 is 5.46 Å². The van der Waals surface area contributed by atoms with Crippen molar-refractivity contribution >= 4 is 12.6 Å². The van der Waals surface area contributed by atoms with Crippen LogP contribution in [0.25, 0.3) is 0 Å². The van der Waals surface area contributed by atoms with E-state index in [9.17, 15) is 18.3 Å². The lowest BCUT2D eigenvalue weighted by atomic mass is 9.77. The van der Waals surface area contributed by atoms with Gasteiger partial charge in [-0.2, -0.15) is 13.2 Å². The smallest absolute Gasteiger partial charge is 0.410 e. The van der Waals surface area contributed by atoms with Crippen LogP contribution in [0.4, 0.5) is 13.2 Å². The summed E-state index contributed by atoms with van der Waals surface area (Å²) in [5.74, 6) is 0. The first-order valence-electron chi connectivity index (χ1n) is 7.13. The second kappa shape index (κ2) is 6.92. The van der Waals surface area contributed by atoms with E-state index in [1.165, 1.54) is 33.3 Å². The maximum Gasteiger partial charge on any atom is 0.493 e. The highest BCUT2D eigenvalue weighted by molar-refractivity contribution is 6.61. The van der Waals surface area contributed by atoms with E-state index in [2.05, 4.69) is 4.98 Å². The molecular formula is C16H17BF3NO3. The van der Waals surface area contributed by atoms with Crippen molar-refractivity contribution in [1.82, 2.24) is 4.98 Å². The van der Waals surface area contributed by atoms with Crippen molar-refractivity contribution in [3.8, 4) is 0 Å².